The van der Waals surface area contributed by atoms with Crippen molar-refractivity contribution >= 4 is 17.0 Å². The Hall–Kier alpha value is -2.76. The van der Waals surface area contributed by atoms with Gasteiger partial charge in [0, 0.05) is 6.20 Å². The van der Waals surface area contributed by atoms with Crippen LogP contribution in [-0.2, 0) is 0 Å². The van der Waals surface area contributed by atoms with Gasteiger partial charge in [-0.3, -0.25) is 0 Å². The molecular formula is C12H8N4O2. The number of aromatic nitrogens is 4. The molecule has 6 heteroatoms. The molecule has 2 heterocycles. The van der Waals surface area contributed by atoms with Crippen molar-refractivity contribution in [1.82, 2.24) is 19.7 Å². The van der Waals surface area contributed by atoms with Gasteiger partial charge in [0.1, 0.15) is 6.33 Å². The van der Waals surface area contributed by atoms with Crippen LogP contribution >= 0.6 is 0 Å². The summed E-state index contributed by atoms with van der Waals surface area (Å²) in [6.07, 6.45) is 4.80. The van der Waals surface area contributed by atoms with Crippen molar-refractivity contribution in [1.29, 1.82) is 0 Å². The zero-order valence-electron chi connectivity index (χ0n) is 9.19. The van der Waals surface area contributed by atoms with Crippen molar-refractivity contribution in [2.75, 3.05) is 0 Å². The smallest absolute Gasteiger partial charge is 0.335 e. The van der Waals surface area contributed by atoms with Crippen LogP contribution < -0.4 is 0 Å². The molecule has 88 valence electrons. The van der Waals surface area contributed by atoms with E-state index in [0.29, 0.717) is 5.65 Å². The molecule has 0 bridgehead atoms. The van der Waals surface area contributed by atoms with Gasteiger partial charge in [0.2, 0.25) is 0 Å². The molecule has 0 aliphatic carbocycles. The van der Waals surface area contributed by atoms with Gasteiger partial charge in [0.15, 0.2) is 5.65 Å². The molecule has 0 saturated carbocycles. The molecule has 0 spiro atoms. The summed E-state index contributed by atoms with van der Waals surface area (Å²) in [6.45, 7) is 0. The molecule has 0 aliphatic rings. The van der Waals surface area contributed by atoms with Crippen molar-refractivity contribution in [3.8, 4) is 5.69 Å². The molecule has 0 amide bonds. The maximum absolute atomic E-state index is 10.8. The second kappa shape index (κ2) is 3.92. The van der Waals surface area contributed by atoms with Crippen LogP contribution in [0, 0.1) is 0 Å². The van der Waals surface area contributed by atoms with Gasteiger partial charge in [-0.05, 0) is 24.3 Å². The summed E-state index contributed by atoms with van der Waals surface area (Å²) in [7, 11) is 0. The number of carboxylic acids is 1. The summed E-state index contributed by atoms with van der Waals surface area (Å²) in [5.41, 5.74) is 1.69. The number of carboxylic acid groups (broad SMARTS) is 1. The Bertz CT molecular complexity index is 718. The first-order valence-corrected chi connectivity index (χ1v) is 5.23. The number of fused-ring (bicyclic) bond motifs is 1. The van der Waals surface area contributed by atoms with E-state index in [1.807, 2.05) is 0 Å². The maximum atomic E-state index is 10.8. The lowest BCUT2D eigenvalue weighted by atomic mass is 10.2. The predicted octanol–water partition coefficient (Wildman–Crippen LogP) is 1.51. The fraction of sp³-hybridized carbons (Fsp3) is 0. The van der Waals surface area contributed by atoms with Crippen molar-refractivity contribution < 1.29 is 9.90 Å². The predicted molar refractivity (Wildman–Crippen MR) is 63.6 cm³/mol. The van der Waals surface area contributed by atoms with Crippen LogP contribution in [0.3, 0.4) is 0 Å². The average Bonchev–Trinajstić information content (AvgIpc) is 2.82. The van der Waals surface area contributed by atoms with Gasteiger partial charge >= 0.3 is 5.97 Å². The Kier molecular flexibility index (Phi) is 2.26. The third kappa shape index (κ3) is 1.60. The van der Waals surface area contributed by atoms with Gasteiger partial charge in [-0.1, -0.05) is 0 Å². The molecule has 0 radical (unpaired) electrons. The minimum atomic E-state index is -0.950. The number of hydrogen-bond acceptors (Lipinski definition) is 4. The molecule has 18 heavy (non-hydrogen) atoms. The molecule has 0 atom stereocenters. The molecule has 0 unspecified atom stereocenters. The van der Waals surface area contributed by atoms with E-state index < -0.39 is 5.97 Å². The van der Waals surface area contributed by atoms with Crippen LogP contribution in [0.25, 0.3) is 16.7 Å². The van der Waals surface area contributed by atoms with Crippen LogP contribution in [-0.4, -0.2) is 30.8 Å². The van der Waals surface area contributed by atoms with Crippen molar-refractivity contribution in [2.24, 2.45) is 0 Å². The summed E-state index contributed by atoms with van der Waals surface area (Å²) >= 11 is 0. The van der Waals surface area contributed by atoms with Gasteiger partial charge in [-0.2, -0.15) is 5.10 Å². The fourth-order valence-electron chi connectivity index (χ4n) is 1.71. The van der Waals surface area contributed by atoms with Crippen LogP contribution in [0.15, 0.2) is 43.0 Å². The molecule has 2 aromatic heterocycles. The molecule has 3 aromatic rings. The van der Waals surface area contributed by atoms with E-state index in [4.69, 9.17) is 5.11 Å². The van der Waals surface area contributed by atoms with Gasteiger partial charge in [0.05, 0.1) is 22.8 Å². The fourth-order valence-corrected chi connectivity index (χ4v) is 1.71. The standard InChI is InChI=1S/C12H8N4O2/c17-12(18)8-1-3-10(4-2-8)16-11-9(6-15-16)5-13-7-14-11/h1-7H,(H,17,18). The highest BCUT2D eigenvalue weighted by molar-refractivity contribution is 5.87. The summed E-state index contributed by atoms with van der Waals surface area (Å²) in [5.74, 6) is -0.950. The number of nitrogens with zero attached hydrogens (tertiary/aromatic N) is 4. The highest BCUT2D eigenvalue weighted by atomic mass is 16.4. The third-order valence-corrected chi connectivity index (χ3v) is 2.59. The van der Waals surface area contributed by atoms with E-state index in [9.17, 15) is 4.79 Å². The summed E-state index contributed by atoms with van der Waals surface area (Å²) in [4.78, 5) is 18.8. The van der Waals surface area contributed by atoms with Gasteiger partial charge in [-0.25, -0.2) is 19.4 Å². The minimum absolute atomic E-state index is 0.241. The Morgan fingerprint density at radius 3 is 2.67 bits per heavy atom. The second-order valence-electron chi connectivity index (χ2n) is 3.71. The maximum Gasteiger partial charge on any atom is 0.335 e. The van der Waals surface area contributed by atoms with Crippen LogP contribution in [0.1, 0.15) is 10.4 Å². The second-order valence-corrected chi connectivity index (χ2v) is 3.71. The number of hydrogen-bond donors (Lipinski definition) is 1. The topological polar surface area (TPSA) is 80.9 Å². The van der Waals surface area contributed by atoms with Crippen molar-refractivity contribution in [3.63, 3.8) is 0 Å². The van der Waals surface area contributed by atoms with Crippen molar-refractivity contribution in [3.05, 3.63) is 48.5 Å². The highest BCUT2D eigenvalue weighted by Crippen LogP contribution is 2.15. The van der Waals surface area contributed by atoms with Gasteiger partial charge in [0.25, 0.3) is 0 Å². The summed E-state index contributed by atoms with van der Waals surface area (Å²) < 4.78 is 1.64. The van der Waals surface area contributed by atoms with E-state index in [1.165, 1.54) is 18.5 Å². The lowest BCUT2D eigenvalue weighted by Gasteiger charge is -2.02. The molecular weight excluding hydrogens is 232 g/mol. The molecule has 1 aromatic carbocycles. The number of benzene rings is 1. The molecule has 0 fully saturated rings. The normalized spacial score (nSPS) is 10.7. The molecule has 0 aliphatic heterocycles. The van der Waals surface area contributed by atoms with Gasteiger partial charge < -0.3 is 5.11 Å². The first-order valence-electron chi connectivity index (χ1n) is 5.23. The Balaban J connectivity index is 2.12. The van der Waals surface area contributed by atoms with E-state index in [-0.39, 0.29) is 5.56 Å². The average molecular weight is 240 g/mol. The van der Waals surface area contributed by atoms with Crippen LogP contribution in [0.4, 0.5) is 0 Å². The zero-order valence-corrected chi connectivity index (χ0v) is 9.19. The highest BCUT2D eigenvalue weighted by Gasteiger charge is 2.07. The molecule has 3 rings (SSSR count). The largest absolute Gasteiger partial charge is 0.478 e. The van der Waals surface area contributed by atoms with Crippen LogP contribution in [0.2, 0.25) is 0 Å². The Labute approximate surface area is 102 Å². The summed E-state index contributed by atoms with van der Waals surface area (Å²) in [5, 5.41) is 13.9. The molecule has 1 N–H and O–H groups in total. The molecule has 0 saturated heterocycles. The lowest BCUT2D eigenvalue weighted by Crippen LogP contribution is -2.00. The molecule has 6 nitrogen and oxygen atoms in total. The summed E-state index contributed by atoms with van der Waals surface area (Å²) in [6, 6.07) is 6.45. The lowest BCUT2D eigenvalue weighted by molar-refractivity contribution is 0.0697. The first-order chi connectivity index (χ1) is 8.75. The van der Waals surface area contributed by atoms with Crippen molar-refractivity contribution in [2.45, 2.75) is 0 Å². The quantitative estimate of drug-likeness (QED) is 0.734. The SMILES string of the molecule is O=C(O)c1ccc(-n2ncc3cncnc32)cc1. The first kappa shape index (κ1) is 10.4. The number of rotatable bonds is 2. The Morgan fingerprint density at radius 1 is 1.17 bits per heavy atom. The minimum Gasteiger partial charge on any atom is -0.478 e. The van der Waals surface area contributed by atoms with Gasteiger partial charge in [-0.15, -0.1) is 0 Å². The van der Waals surface area contributed by atoms with E-state index in [0.717, 1.165) is 11.1 Å². The monoisotopic (exact) mass is 240 g/mol. The number of aromatic carboxylic acids is 1. The van der Waals surface area contributed by atoms with E-state index in [2.05, 4.69) is 15.1 Å². The zero-order chi connectivity index (χ0) is 12.5. The van der Waals surface area contributed by atoms with E-state index >= 15 is 0 Å². The third-order valence-electron chi connectivity index (χ3n) is 2.59. The Morgan fingerprint density at radius 2 is 1.94 bits per heavy atom. The number of carbonyl (C=O) groups is 1. The van der Waals surface area contributed by atoms with E-state index in [1.54, 1.807) is 29.2 Å². The van der Waals surface area contributed by atoms with Crippen LogP contribution in [0.5, 0.6) is 0 Å².